The molecule has 1 saturated heterocycles. The normalized spacial score (nSPS) is 15.2. The number of nitrogens with zero attached hydrogens (tertiary/aromatic N) is 5. The SMILES string of the molecule is Cc1ccc(-c2nnn(CC(=O)NCCCN3CCNCC3)n2)cc1. The number of tetrazole rings is 1. The molecule has 1 fully saturated rings. The number of nitrogens with one attached hydrogen (secondary N) is 2. The number of carbonyl (C=O) groups excluding carboxylic acids is 1. The molecule has 0 atom stereocenters. The van der Waals surface area contributed by atoms with Crippen LogP contribution in [0.2, 0.25) is 0 Å². The molecule has 25 heavy (non-hydrogen) atoms. The Morgan fingerprint density at radius 1 is 1.24 bits per heavy atom. The number of hydrogen-bond donors (Lipinski definition) is 2. The van der Waals surface area contributed by atoms with Crippen LogP contribution in [0, 0.1) is 6.92 Å². The van der Waals surface area contributed by atoms with Crippen molar-refractivity contribution in [1.29, 1.82) is 0 Å². The van der Waals surface area contributed by atoms with Gasteiger partial charge in [-0.05, 0) is 25.1 Å². The minimum atomic E-state index is -0.0897. The number of aryl methyl sites for hydroxylation is 1. The Labute approximate surface area is 147 Å². The first-order valence-electron chi connectivity index (χ1n) is 8.75. The lowest BCUT2D eigenvalue weighted by Crippen LogP contribution is -2.44. The van der Waals surface area contributed by atoms with Gasteiger partial charge >= 0.3 is 0 Å². The molecule has 1 aliphatic heterocycles. The maximum Gasteiger partial charge on any atom is 0.243 e. The average molecular weight is 343 g/mol. The molecular formula is C17H25N7O. The molecule has 1 amide bonds. The Morgan fingerprint density at radius 2 is 2.00 bits per heavy atom. The summed E-state index contributed by atoms with van der Waals surface area (Å²) in [6.45, 7) is 8.06. The minimum absolute atomic E-state index is 0.0897. The van der Waals surface area contributed by atoms with Crippen LogP contribution in [0.4, 0.5) is 0 Å². The van der Waals surface area contributed by atoms with E-state index in [0.29, 0.717) is 12.4 Å². The van der Waals surface area contributed by atoms with Gasteiger partial charge in [0.15, 0.2) is 0 Å². The standard InChI is InChI=1S/C17H25N7O/c1-14-3-5-15(6-4-14)17-20-22-24(21-17)13-16(25)19-7-2-10-23-11-8-18-9-12-23/h3-6,18H,2,7-13H2,1H3,(H,19,25). The molecule has 8 heteroatoms. The second-order valence-corrected chi connectivity index (χ2v) is 6.30. The third-order valence-electron chi connectivity index (χ3n) is 4.23. The van der Waals surface area contributed by atoms with Gasteiger partial charge in [-0.3, -0.25) is 4.79 Å². The predicted octanol–water partition coefficient (Wildman–Crippen LogP) is 0.0600. The number of rotatable bonds is 7. The van der Waals surface area contributed by atoms with E-state index < -0.39 is 0 Å². The summed E-state index contributed by atoms with van der Waals surface area (Å²) in [5.74, 6) is 0.444. The number of benzene rings is 1. The zero-order chi connectivity index (χ0) is 17.5. The van der Waals surface area contributed by atoms with E-state index in [1.54, 1.807) is 0 Å². The summed E-state index contributed by atoms with van der Waals surface area (Å²) >= 11 is 0. The Balaban J connectivity index is 1.40. The van der Waals surface area contributed by atoms with Crippen LogP contribution in [0.3, 0.4) is 0 Å². The molecule has 0 radical (unpaired) electrons. The third-order valence-corrected chi connectivity index (χ3v) is 4.23. The Bertz CT molecular complexity index is 677. The van der Waals surface area contributed by atoms with Crippen molar-refractivity contribution in [2.45, 2.75) is 19.9 Å². The van der Waals surface area contributed by atoms with Gasteiger partial charge in [-0.15, -0.1) is 10.2 Å². The molecule has 1 aliphatic rings. The van der Waals surface area contributed by atoms with Crippen LogP contribution in [0.25, 0.3) is 11.4 Å². The van der Waals surface area contributed by atoms with Crippen molar-refractivity contribution in [3.05, 3.63) is 29.8 Å². The highest BCUT2D eigenvalue weighted by Gasteiger charge is 2.10. The van der Waals surface area contributed by atoms with Gasteiger partial charge in [-0.25, -0.2) is 0 Å². The molecule has 0 saturated carbocycles. The number of aromatic nitrogens is 4. The molecule has 0 aliphatic carbocycles. The smallest absolute Gasteiger partial charge is 0.243 e. The molecule has 134 valence electrons. The van der Waals surface area contributed by atoms with Crippen LogP contribution in [0.1, 0.15) is 12.0 Å². The van der Waals surface area contributed by atoms with Gasteiger partial charge in [-0.1, -0.05) is 29.8 Å². The first-order chi connectivity index (χ1) is 12.2. The van der Waals surface area contributed by atoms with E-state index >= 15 is 0 Å². The molecule has 8 nitrogen and oxygen atoms in total. The molecule has 2 heterocycles. The quantitative estimate of drug-likeness (QED) is 0.691. The highest BCUT2D eigenvalue weighted by Crippen LogP contribution is 2.13. The molecule has 0 bridgehead atoms. The van der Waals surface area contributed by atoms with Gasteiger partial charge < -0.3 is 15.5 Å². The Hall–Kier alpha value is -2.32. The molecule has 0 unspecified atom stereocenters. The summed E-state index contributed by atoms with van der Waals surface area (Å²) < 4.78 is 0. The zero-order valence-electron chi connectivity index (χ0n) is 14.6. The van der Waals surface area contributed by atoms with E-state index in [-0.39, 0.29) is 12.5 Å². The van der Waals surface area contributed by atoms with E-state index in [1.165, 1.54) is 10.4 Å². The Kier molecular flexibility index (Phi) is 6.08. The van der Waals surface area contributed by atoms with Crippen LogP contribution in [-0.2, 0) is 11.3 Å². The third kappa shape index (κ3) is 5.33. The predicted molar refractivity (Wildman–Crippen MR) is 94.9 cm³/mol. The van der Waals surface area contributed by atoms with E-state index in [4.69, 9.17) is 0 Å². The van der Waals surface area contributed by atoms with Crippen molar-refractivity contribution in [2.75, 3.05) is 39.3 Å². The lowest BCUT2D eigenvalue weighted by atomic mass is 10.1. The fraction of sp³-hybridized carbons (Fsp3) is 0.529. The Morgan fingerprint density at radius 3 is 2.76 bits per heavy atom. The average Bonchev–Trinajstić information content (AvgIpc) is 3.09. The molecule has 1 aromatic carbocycles. The number of amides is 1. The summed E-state index contributed by atoms with van der Waals surface area (Å²) in [4.78, 5) is 15.7. The molecule has 2 aromatic rings. The topological polar surface area (TPSA) is 88.0 Å². The summed E-state index contributed by atoms with van der Waals surface area (Å²) in [6, 6.07) is 7.90. The van der Waals surface area contributed by atoms with E-state index in [0.717, 1.165) is 44.7 Å². The molecule has 1 aromatic heterocycles. The number of hydrogen-bond acceptors (Lipinski definition) is 6. The van der Waals surface area contributed by atoms with Crippen molar-refractivity contribution >= 4 is 5.91 Å². The van der Waals surface area contributed by atoms with Crippen molar-refractivity contribution in [2.24, 2.45) is 0 Å². The molecular weight excluding hydrogens is 318 g/mol. The fourth-order valence-electron chi connectivity index (χ4n) is 2.78. The van der Waals surface area contributed by atoms with Crippen LogP contribution in [-0.4, -0.2) is 70.3 Å². The fourth-order valence-corrected chi connectivity index (χ4v) is 2.78. The monoisotopic (exact) mass is 343 g/mol. The first kappa shape index (κ1) is 17.5. The van der Waals surface area contributed by atoms with Crippen molar-refractivity contribution in [1.82, 2.24) is 35.7 Å². The molecule has 2 N–H and O–H groups in total. The molecule has 3 rings (SSSR count). The summed E-state index contributed by atoms with van der Waals surface area (Å²) in [6.07, 6.45) is 0.950. The van der Waals surface area contributed by atoms with E-state index in [2.05, 4.69) is 30.9 Å². The number of carbonyl (C=O) groups is 1. The minimum Gasteiger partial charge on any atom is -0.354 e. The summed E-state index contributed by atoms with van der Waals surface area (Å²) in [5, 5.41) is 18.5. The van der Waals surface area contributed by atoms with Crippen molar-refractivity contribution in [3.8, 4) is 11.4 Å². The van der Waals surface area contributed by atoms with Crippen LogP contribution in [0.15, 0.2) is 24.3 Å². The van der Waals surface area contributed by atoms with Gasteiger partial charge in [0.25, 0.3) is 0 Å². The largest absolute Gasteiger partial charge is 0.354 e. The van der Waals surface area contributed by atoms with Gasteiger partial charge in [0.1, 0.15) is 6.54 Å². The van der Waals surface area contributed by atoms with Crippen LogP contribution < -0.4 is 10.6 Å². The van der Waals surface area contributed by atoms with Crippen molar-refractivity contribution in [3.63, 3.8) is 0 Å². The highest BCUT2D eigenvalue weighted by atomic mass is 16.2. The second-order valence-electron chi connectivity index (χ2n) is 6.30. The van der Waals surface area contributed by atoms with Crippen molar-refractivity contribution < 1.29 is 4.79 Å². The van der Waals surface area contributed by atoms with Crippen LogP contribution in [0.5, 0.6) is 0 Å². The summed E-state index contributed by atoms with van der Waals surface area (Å²) in [5.41, 5.74) is 2.07. The van der Waals surface area contributed by atoms with E-state index in [9.17, 15) is 4.79 Å². The maximum absolute atomic E-state index is 12.0. The number of piperazine rings is 1. The van der Waals surface area contributed by atoms with Gasteiger partial charge in [0, 0.05) is 38.3 Å². The molecule has 0 spiro atoms. The lowest BCUT2D eigenvalue weighted by Gasteiger charge is -2.27. The second kappa shape index (κ2) is 8.68. The lowest BCUT2D eigenvalue weighted by molar-refractivity contribution is -0.122. The first-order valence-corrected chi connectivity index (χ1v) is 8.75. The van der Waals surface area contributed by atoms with Gasteiger partial charge in [0.05, 0.1) is 0 Å². The highest BCUT2D eigenvalue weighted by molar-refractivity contribution is 5.75. The van der Waals surface area contributed by atoms with Crippen LogP contribution >= 0.6 is 0 Å². The maximum atomic E-state index is 12.0. The van der Waals surface area contributed by atoms with Gasteiger partial charge in [0.2, 0.25) is 11.7 Å². The van der Waals surface area contributed by atoms with Gasteiger partial charge in [-0.2, -0.15) is 4.80 Å². The summed E-state index contributed by atoms with van der Waals surface area (Å²) in [7, 11) is 0. The zero-order valence-corrected chi connectivity index (χ0v) is 14.6. The van der Waals surface area contributed by atoms with E-state index in [1.807, 2.05) is 31.2 Å².